The van der Waals surface area contributed by atoms with Gasteiger partial charge in [-0.1, -0.05) is 13.8 Å². The summed E-state index contributed by atoms with van der Waals surface area (Å²) in [6, 6.07) is 3.98. The highest BCUT2D eigenvalue weighted by atomic mass is 19.1. The molecule has 0 aromatic heterocycles. The Bertz CT molecular complexity index is 583. The Morgan fingerprint density at radius 2 is 1.81 bits per heavy atom. The van der Waals surface area contributed by atoms with Gasteiger partial charge in [0.05, 0.1) is 19.8 Å². The molecule has 0 amide bonds. The number of halogens is 2. The molecule has 2 rings (SSSR count). The van der Waals surface area contributed by atoms with Crippen molar-refractivity contribution in [2.24, 2.45) is 10.9 Å². The number of hydrogen-bond acceptors (Lipinski definition) is 3. The van der Waals surface area contributed by atoms with E-state index >= 15 is 0 Å². The van der Waals surface area contributed by atoms with Gasteiger partial charge in [0.2, 0.25) is 0 Å². The fourth-order valence-corrected chi connectivity index (χ4v) is 3.26. The van der Waals surface area contributed by atoms with Crippen molar-refractivity contribution in [1.82, 2.24) is 15.5 Å². The predicted octanol–water partition coefficient (Wildman–Crippen LogP) is 2.42. The summed E-state index contributed by atoms with van der Waals surface area (Å²) < 4.78 is 32.0. The third-order valence-electron chi connectivity index (χ3n) is 4.69. The van der Waals surface area contributed by atoms with Crippen LogP contribution < -0.4 is 10.6 Å². The quantitative estimate of drug-likeness (QED) is 0.536. The number of nitrogens with zero attached hydrogens (tertiary/aromatic N) is 2. The third kappa shape index (κ3) is 7.42. The summed E-state index contributed by atoms with van der Waals surface area (Å²) in [4.78, 5) is 7.18. The third-order valence-corrected chi connectivity index (χ3v) is 4.69. The zero-order valence-corrected chi connectivity index (χ0v) is 16.6. The number of rotatable bonds is 8. The zero-order chi connectivity index (χ0) is 19.6. The molecule has 1 heterocycles. The molecule has 1 saturated heterocycles. The first kappa shape index (κ1) is 21.6. The van der Waals surface area contributed by atoms with Crippen LogP contribution in [0.2, 0.25) is 0 Å². The lowest BCUT2D eigenvalue weighted by Gasteiger charge is -2.36. The maximum absolute atomic E-state index is 13.3. The van der Waals surface area contributed by atoms with Crippen LogP contribution in [0.1, 0.15) is 26.3 Å². The summed E-state index contributed by atoms with van der Waals surface area (Å²) in [5.41, 5.74) is 0.629. The topological polar surface area (TPSA) is 48.9 Å². The van der Waals surface area contributed by atoms with Crippen molar-refractivity contribution in [2.75, 3.05) is 45.9 Å². The molecule has 0 spiro atoms. The number of benzene rings is 1. The maximum Gasteiger partial charge on any atom is 0.191 e. The van der Waals surface area contributed by atoms with Gasteiger partial charge >= 0.3 is 0 Å². The van der Waals surface area contributed by atoms with Gasteiger partial charge in [-0.2, -0.15) is 0 Å². The van der Waals surface area contributed by atoms with E-state index in [9.17, 15) is 8.78 Å². The average Bonchev–Trinajstić information content (AvgIpc) is 2.61. The van der Waals surface area contributed by atoms with Crippen LogP contribution in [-0.4, -0.2) is 62.8 Å². The van der Waals surface area contributed by atoms with E-state index in [-0.39, 0.29) is 0 Å². The number of guanidine groups is 1. The van der Waals surface area contributed by atoms with Gasteiger partial charge in [0, 0.05) is 38.3 Å². The summed E-state index contributed by atoms with van der Waals surface area (Å²) in [6.45, 7) is 11.9. The number of morpholine rings is 1. The fraction of sp³-hybridized carbons (Fsp3) is 0.650. The maximum atomic E-state index is 13.3. The lowest BCUT2D eigenvalue weighted by Crippen LogP contribution is -2.48. The summed E-state index contributed by atoms with van der Waals surface area (Å²) in [5.74, 6) is 0.130. The summed E-state index contributed by atoms with van der Waals surface area (Å²) in [6.07, 6.45) is 0.524. The van der Waals surface area contributed by atoms with Crippen LogP contribution >= 0.6 is 0 Å². The smallest absolute Gasteiger partial charge is 0.191 e. The molecule has 0 radical (unpaired) electrons. The van der Waals surface area contributed by atoms with E-state index in [0.29, 0.717) is 37.0 Å². The van der Waals surface area contributed by atoms with Gasteiger partial charge in [-0.05, 0) is 37.0 Å². The molecule has 0 aliphatic carbocycles. The minimum Gasteiger partial charge on any atom is -0.379 e. The normalized spacial score (nSPS) is 17.2. The molecule has 1 atom stereocenters. The van der Waals surface area contributed by atoms with E-state index < -0.39 is 11.6 Å². The van der Waals surface area contributed by atoms with Crippen molar-refractivity contribution >= 4 is 5.96 Å². The van der Waals surface area contributed by atoms with Crippen molar-refractivity contribution in [3.05, 3.63) is 35.4 Å². The van der Waals surface area contributed by atoms with Crippen LogP contribution in [0, 0.1) is 17.6 Å². The minimum atomic E-state index is -0.545. The van der Waals surface area contributed by atoms with E-state index in [2.05, 4.69) is 29.4 Å². The minimum absolute atomic E-state index is 0.363. The predicted molar refractivity (Wildman–Crippen MR) is 105 cm³/mol. The molecule has 0 saturated carbocycles. The monoisotopic (exact) mass is 382 g/mol. The Hall–Kier alpha value is -1.73. The van der Waals surface area contributed by atoms with Gasteiger partial charge in [0.15, 0.2) is 5.96 Å². The number of nitrogens with one attached hydrogen (secondary N) is 2. The van der Waals surface area contributed by atoms with E-state index in [0.717, 1.165) is 44.9 Å². The first-order valence-electron chi connectivity index (χ1n) is 9.78. The second kappa shape index (κ2) is 11.2. The van der Waals surface area contributed by atoms with Crippen LogP contribution in [0.25, 0.3) is 0 Å². The average molecular weight is 382 g/mol. The SMILES string of the molecule is CCNC(=NCC(C(C)C)N1CCOCC1)NCCc1cc(F)cc(F)c1. The molecule has 1 fully saturated rings. The van der Waals surface area contributed by atoms with E-state index in [1.54, 1.807) is 0 Å². The Kier molecular flexibility index (Phi) is 8.94. The largest absolute Gasteiger partial charge is 0.379 e. The highest BCUT2D eigenvalue weighted by Gasteiger charge is 2.23. The molecule has 1 aliphatic heterocycles. The van der Waals surface area contributed by atoms with Crippen molar-refractivity contribution in [3.8, 4) is 0 Å². The van der Waals surface area contributed by atoms with Gasteiger partial charge in [0.25, 0.3) is 0 Å². The molecular formula is C20H32F2N4O. The molecule has 1 aromatic rings. The van der Waals surface area contributed by atoms with Gasteiger partial charge in [-0.15, -0.1) is 0 Å². The van der Waals surface area contributed by atoms with Crippen molar-refractivity contribution in [3.63, 3.8) is 0 Å². The molecule has 5 nitrogen and oxygen atoms in total. The van der Waals surface area contributed by atoms with Gasteiger partial charge in [-0.3, -0.25) is 9.89 Å². The molecule has 1 aliphatic rings. The van der Waals surface area contributed by atoms with Crippen LogP contribution in [0.4, 0.5) is 8.78 Å². The number of ether oxygens (including phenoxy) is 1. The van der Waals surface area contributed by atoms with Gasteiger partial charge in [-0.25, -0.2) is 8.78 Å². The Balaban J connectivity index is 1.91. The molecular weight excluding hydrogens is 350 g/mol. The van der Waals surface area contributed by atoms with Crippen LogP contribution in [0.15, 0.2) is 23.2 Å². The first-order valence-corrected chi connectivity index (χ1v) is 9.78. The van der Waals surface area contributed by atoms with Crippen molar-refractivity contribution in [2.45, 2.75) is 33.2 Å². The van der Waals surface area contributed by atoms with E-state index in [1.807, 2.05) is 6.92 Å². The second-order valence-electron chi connectivity index (χ2n) is 7.13. The van der Waals surface area contributed by atoms with Crippen molar-refractivity contribution < 1.29 is 13.5 Å². The molecule has 152 valence electrons. The number of hydrogen-bond donors (Lipinski definition) is 2. The highest BCUT2D eigenvalue weighted by molar-refractivity contribution is 5.79. The lowest BCUT2D eigenvalue weighted by molar-refractivity contribution is 0.00867. The highest BCUT2D eigenvalue weighted by Crippen LogP contribution is 2.13. The van der Waals surface area contributed by atoms with Crippen LogP contribution in [0.5, 0.6) is 0 Å². The summed E-state index contributed by atoms with van der Waals surface area (Å²) >= 11 is 0. The van der Waals surface area contributed by atoms with Crippen LogP contribution in [-0.2, 0) is 11.2 Å². The lowest BCUT2D eigenvalue weighted by atomic mass is 10.0. The molecule has 2 N–H and O–H groups in total. The second-order valence-corrected chi connectivity index (χ2v) is 7.13. The Labute approximate surface area is 161 Å². The standard InChI is InChI=1S/C20H32F2N4O/c1-4-23-20(24-6-5-16-11-17(21)13-18(22)12-16)25-14-19(15(2)3)26-7-9-27-10-8-26/h11-13,15,19H,4-10,14H2,1-3H3,(H2,23,24,25). The first-order chi connectivity index (χ1) is 13.0. The molecule has 27 heavy (non-hydrogen) atoms. The van der Waals surface area contributed by atoms with Crippen molar-refractivity contribution in [1.29, 1.82) is 0 Å². The number of aliphatic imine (C=N–C) groups is 1. The van der Waals surface area contributed by atoms with Crippen LogP contribution in [0.3, 0.4) is 0 Å². The molecule has 0 bridgehead atoms. The molecule has 7 heteroatoms. The molecule has 1 unspecified atom stereocenters. The Morgan fingerprint density at radius 3 is 2.41 bits per heavy atom. The van der Waals surface area contributed by atoms with E-state index in [4.69, 9.17) is 9.73 Å². The molecule has 1 aromatic carbocycles. The Morgan fingerprint density at radius 1 is 1.15 bits per heavy atom. The fourth-order valence-electron chi connectivity index (χ4n) is 3.26. The van der Waals surface area contributed by atoms with Gasteiger partial charge in [0.1, 0.15) is 11.6 Å². The summed E-state index contributed by atoms with van der Waals surface area (Å²) in [5, 5.41) is 6.49. The summed E-state index contributed by atoms with van der Waals surface area (Å²) in [7, 11) is 0. The zero-order valence-electron chi connectivity index (χ0n) is 16.6. The van der Waals surface area contributed by atoms with E-state index in [1.165, 1.54) is 12.1 Å². The van der Waals surface area contributed by atoms with Gasteiger partial charge < -0.3 is 15.4 Å².